The van der Waals surface area contributed by atoms with Gasteiger partial charge in [0.2, 0.25) is 0 Å². The number of amides is 1. The topological polar surface area (TPSA) is 108 Å². The Kier molecular flexibility index (Phi) is 7.08. The van der Waals surface area contributed by atoms with E-state index in [0.717, 1.165) is 61.1 Å². The van der Waals surface area contributed by atoms with Crippen molar-refractivity contribution in [2.75, 3.05) is 77.6 Å². The lowest BCUT2D eigenvalue weighted by Crippen LogP contribution is -2.66. The Hall–Kier alpha value is -4.66. The number of pyridine rings is 2. The van der Waals surface area contributed by atoms with Crippen molar-refractivity contribution in [3.63, 3.8) is 0 Å². The quantitative estimate of drug-likeness (QED) is 0.311. The molecule has 0 radical (unpaired) electrons. The van der Waals surface area contributed by atoms with Gasteiger partial charge in [0, 0.05) is 74.1 Å². The summed E-state index contributed by atoms with van der Waals surface area (Å²) in [5, 5.41) is 14.1. The molecule has 1 spiro atoms. The molecule has 0 aliphatic carbocycles. The molecule has 43 heavy (non-hydrogen) atoms. The maximum atomic E-state index is 13.0. The van der Waals surface area contributed by atoms with Crippen LogP contribution in [0.5, 0.6) is 11.5 Å². The Morgan fingerprint density at radius 2 is 1.84 bits per heavy atom. The third-order valence-electron chi connectivity index (χ3n) is 8.60. The van der Waals surface area contributed by atoms with E-state index >= 15 is 0 Å². The van der Waals surface area contributed by atoms with Crippen LogP contribution in [0.2, 0.25) is 0 Å². The van der Waals surface area contributed by atoms with Gasteiger partial charge in [-0.2, -0.15) is 10.4 Å². The van der Waals surface area contributed by atoms with Crippen molar-refractivity contribution in [3.8, 4) is 28.7 Å². The number of carbonyl (C=O) groups is 1. The van der Waals surface area contributed by atoms with Crippen LogP contribution in [0.25, 0.3) is 16.6 Å². The lowest BCUT2D eigenvalue weighted by molar-refractivity contribution is -0.189. The first-order valence-electron chi connectivity index (χ1n) is 14.5. The van der Waals surface area contributed by atoms with Crippen LogP contribution in [0, 0.1) is 16.7 Å². The first-order chi connectivity index (χ1) is 21.0. The second-order valence-electron chi connectivity index (χ2n) is 11.5. The molecule has 220 valence electrons. The van der Waals surface area contributed by atoms with Crippen molar-refractivity contribution in [1.82, 2.24) is 24.4 Å². The minimum atomic E-state index is 0.0209. The first-order valence-corrected chi connectivity index (χ1v) is 14.5. The van der Waals surface area contributed by atoms with Crippen molar-refractivity contribution in [1.29, 1.82) is 5.26 Å². The number of piperazine rings is 1. The van der Waals surface area contributed by atoms with Crippen LogP contribution >= 0.6 is 0 Å². The van der Waals surface area contributed by atoms with Gasteiger partial charge in [-0.1, -0.05) is 0 Å². The molecule has 0 saturated carbocycles. The number of ether oxygens (including phenoxy) is 3. The zero-order valence-electron chi connectivity index (χ0n) is 24.1. The second-order valence-corrected chi connectivity index (χ2v) is 11.5. The highest BCUT2D eigenvalue weighted by Gasteiger charge is 2.48. The fourth-order valence-electron chi connectivity index (χ4n) is 6.19. The second kappa shape index (κ2) is 11.2. The molecular weight excluding hydrogens is 546 g/mol. The smallest absolute Gasteiger partial charge is 0.253 e. The zero-order chi connectivity index (χ0) is 29.4. The fraction of sp³-hybridized carbons (Fsp3) is 0.375. The summed E-state index contributed by atoms with van der Waals surface area (Å²) in [5.74, 6) is 2.29. The van der Waals surface area contributed by atoms with E-state index < -0.39 is 0 Å². The number of nitrogens with zero attached hydrogens (tertiary/aromatic N) is 7. The zero-order valence-corrected chi connectivity index (χ0v) is 24.1. The summed E-state index contributed by atoms with van der Waals surface area (Å²) in [5.41, 5.74) is 3.98. The monoisotopic (exact) mass is 579 g/mol. The number of hydrogen-bond donors (Lipinski definition) is 0. The van der Waals surface area contributed by atoms with Crippen molar-refractivity contribution in [2.24, 2.45) is 5.41 Å². The molecule has 3 saturated heterocycles. The van der Waals surface area contributed by atoms with Crippen molar-refractivity contribution in [2.45, 2.75) is 0 Å². The van der Waals surface area contributed by atoms with Gasteiger partial charge in [-0.3, -0.25) is 9.69 Å². The van der Waals surface area contributed by atoms with Crippen LogP contribution in [0.3, 0.4) is 0 Å². The Bertz CT molecular complexity index is 1660. The Labute approximate surface area is 249 Å². The number of methoxy groups -OCH3 is 1. The van der Waals surface area contributed by atoms with E-state index in [2.05, 4.69) is 21.0 Å². The summed E-state index contributed by atoms with van der Waals surface area (Å²) >= 11 is 0. The number of aromatic nitrogens is 3. The number of carbonyl (C=O) groups excluding carboxylic acids is 1. The van der Waals surface area contributed by atoms with Crippen molar-refractivity contribution < 1.29 is 19.0 Å². The molecule has 3 aromatic heterocycles. The van der Waals surface area contributed by atoms with Crippen molar-refractivity contribution in [3.05, 3.63) is 72.2 Å². The SMILES string of the molecule is COc1ccc(C(=O)N2CCN(c3ccc(-c4cc(OCCN5CC6(COC6)C5)cn5ncc(C#N)c45)cn3)CC2)cc1. The molecule has 4 aromatic rings. The number of hydrogen-bond acceptors (Lipinski definition) is 9. The molecule has 7 rings (SSSR count). The third kappa shape index (κ3) is 5.24. The maximum absolute atomic E-state index is 13.0. The highest BCUT2D eigenvalue weighted by atomic mass is 16.5. The van der Waals surface area contributed by atoms with Crippen LogP contribution in [0.4, 0.5) is 5.82 Å². The molecule has 1 amide bonds. The average Bonchev–Trinajstić information content (AvgIpc) is 3.44. The number of benzene rings is 1. The molecule has 3 aliphatic rings. The Balaban J connectivity index is 1.02. The van der Waals surface area contributed by atoms with Gasteiger partial charge in [0.25, 0.3) is 5.91 Å². The van der Waals surface area contributed by atoms with Gasteiger partial charge >= 0.3 is 0 Å². The number of anilines is 1. The van der Waals surface area contributed by atoms with Crippen LogP contribution in [-0.4, -0.2) is 103 Å². The summed E-state index contributed by atoms with van der Waals surface area (Å²) in [4.78, 5) is 24.2. The first kappa shape index (κ1) is 27.2. The number of likely N-dealkylation sites (tertiary alicyclic amines) is 1. The molecule has 0 unspecified atom stereocenters. The number of fused-ring (bicyclic) bond motifs is 1. The Morgan fingerprint density at radius 3 is 2.49 bits per heavy atom. The summed E-state index contributed by atoms with van der Waals surface area (Å²) in [6.45, 7) is 7.91. The molecule has 3 fully saturated rings. The van der Waals surface area contributed by atoms with E-state index in [-0.39, 0.29) is 5.91 Å². The predicted molar refractivity (Wildman–Crippen MR) is 159 cm³/mol. The third-order valence-corrected chi connectivity index (χ3v) is 8.60. The average molecular weight is 580 g/mol. The molecule has 11 nitrogen and oxygen atoms in total. The van der Waals surface area contributed by atoms with E-state index in [0.29, 0.717) is 55.1 Å². The minimum Gasteiger partial charge on any atom is -0.497 e. The summed E-state index contributed by atoms with van der Waals surface area (Å²) in [6, 6.07) is 15.5. The summed E-state index contributed by atoms with van der Waals surface area (Å²) in [7, 11) is 1.61. The molecule has 6 heterocycles. The summed E-state index contributed by atoms with van der Waals surface area (Å²) < 4.78 is 18.4. The minimum absolute atomic E-state index is 0.0209. The molecule has 3 aliphatic heterocycles. The van der Waals surface area contributed by atoms with E-state index in [4.69, 9.17) is 19.2 Å². The highest BCUT2D eigenvalue weighted by molar-refractivity contribution is 5.94. The van der Waals surface area contributed by atoms with Gasteiger partial charge in [-0.15, -0.1) is 0 Å². The van der Waals surface area contributed by atoms with E-state index in [1.807, 2.05) is 35.5 Å². The number of rotatable bonds is 8. The lowest BCUT2D eigenvalue weighted by atomic mass is 9.78. The highest BCUT2D eigenvalue weighted by Crippen LogP contribution is 2.37. The van der Waals surface area contributed by atoms with Gasteiger partial charge in [0.1, 0.15) is 30.0 Å². The van der Waals surface area contributed by atoms with Crippen molar-refractivity contribution >= 4 is 17.2 Å². The predicted octanol–water partition coefficient (Wildman–Crippen LogP) is 2.95. The van der Waals surface area contributed by atoms with Crippen LogP contribution < -0.4 is 14.4 Å². The maximum Gasteiger partial charge on any atom is 0.253 e. The standard InChI is InChI=1S/C32H33N7O4/c1-41-26-5-2-23(3-6-26)31(40)38-10-8-37(9-11-38)29-7-4-24(16-34-29)28-14-27(18-39-30(28)25(15-33)17-35-39)43-13-12-36-19-32(20-36)21-42-22-32/h2-7,14,16-18H,8-13,19-22H2,1H3. The van der Waals surface area contributed by atoms with Crippen LogP contribution in [0.1, 0.15) is 15.9 Å². The number of nitriles is 1. The van der Waals surface area contributed by atoms with Gasteiger partial charge in [-0.05, 0) is 42.5 Å². The Morgan fingerprint density at radius 1 is 1.05 bits per heavy atom. The fourth-order valence-corrected chi connectivity index (χ4v) is 6.19. The van der Waals surface area contributed by atoms with Crippen LogP contribution in [-0.2, 0) is 4.74 Å². The van der Waals surface area contributed by atoms with E-state index in [1.165, 1.54) is 0 Å². The molecular formula is C32H33N7O4. The summed E-state index contributed by atoms with van der Waals surface area (Å²) in [6.07, 6.45) is 5.24. The normalized spacial score (nSPS) is 17.8. The van der Waals surface area contributed by atoms with Gasteiger partial charge in [0.15, 0.2) is 0 Å². The largest absolute Gasteiger partial charge is 0.497 e. The van der Waals surface area contributed by atoms with E-state index in [1.54, 1.807) is 42.1 Å². The molecule has 1 aromatic carbocycles. The van der Waals surface area contributed by atoms with Gasteiger partial charge in [-0.25, -0.2) is 9.50 Å². The van der Waals surface area contributed by atoms with Gasteiger partial charge in [0.05, 0.1) is 43.8 Å². The molecule has 11 heteroatoms. The molecule has 0 bridgehead atoms. The lowest BCUT2D eigenvalue weighted by Gasteiger charge is -2.55. The molecule has 0 N–H and O–H groups in total. The van der Waals surface area contributed by atoms with Crippen LogP contribution in [0.15, 0.2) is 61.1 Å². The van der Waals surface area contributed by atoms with E-state index in [9.17, 15) is 10.1 Å². The molecule has 0 atom stereocenters. The van der Waals surface area contributed by atoms with Gasteiger partial charge < -0.3 is 24.0 Å².